The van der Waals surface area contributed by atoms with Crippen molar-refractivity contribution < 1.29 is 0 Å². The summed E-state index contributed by atoms with van der Waals surface area (Å²) in [4.78, 5) is 0. The molecule has 1 rings (SSSR count). The maximum atomic E-state index is 5.84. The van der Waals surface area contributed by atoms with Crippen molar-refractivity contribution >= 4 is 15.9 Å². The summed E-state index contributed by atoms with van der Waals surface area (Å²) in [7, 11) is 0. The van der Waals surface area contributed by atoms with Crippen molar-refractivity contribution in [1.82, 2.24) is 0 Å². The highest BCUT2D eigenvalue weighted by Crippen LogP contribution is 2.12. The summed E-state index contributed by atoms with van der Waals surface area (Å²) in [5, 5.41) is 0. The zero-order chi connectivity index (χ0) is 9.68. The highest BCUT2D eigenvalue weighted by atomic mass is 79.9. The van der Waals surface area contributed by atoms with Gasteiger partial charge in [-0.2, -0.15) is 0 Å². The molecule has 0 aliphatic carbocycles. The fraction of sp³-hybridized carbons (Fsp3) is 0.455. The summed E-state index contributed by atoms with van der Waals surface area (Å²) >= 11 is 3.41. The summed E-state index contributed by atoms with van der Waals surface area (Å²) < 4.78 is 1.14. The second kappa shape index (κ2) is 5.40. The van der Waals surface area contributed by atoms with E-state index in [1.165, 1.54) is 5.56 Å². The Hall–Kier alpha value is -0.340. The Bertz CT molecular complexity index is 243. The largest absolute Gasteiger partial charge is 0.328 e. The highest BCUT2D eigenvalue weighted by Gasteiger charge is 1.99. The molecule has 1 aromatic carbocycles. The molecule has 0 aliphatic heterocycles. The normalized spacial score (nSPS) is 12.8. The van der Waals surface area contributed by atoms with Crippen molar-refractivity contribution in [3.63, 3.8) is 0 Å². The third-order valence-electron chi connectivity index (χ3n) is 2.24. The molecule has 1 aromatic rings. The predicted octanol–water partition coefficient (Wildman–Crippen LogP) is 3.12. The Kier molecular flexibility index (Phi) is 4.46. The van der Waals surface area contributed by atoms with Crippen molar-refractivity contribution in [1.29, 1.82) is 0 Å². The molecule has 0 fully saturated rings. The van der Waals surface area contributed by atoms with E-state index in [9.17, 15) is 0 Å². The van der Waals surface area contributed by atoms with Gasteiger partial charge in [0, 0.05) is 10.5 Å². The van der Waals surface area contributed by atoms with Crippen LogP contribution in [0.2, 0.25) is 0 Å². The molecule has 0 saturated carbocycles. The third kappa shape index (κ3) is 3.92. The molecule has 1 nitrogen and oxygen atoms in total. The van der Waals surface area contributed by atoms with Crippen LogP contribution in [0, 0.1) is 0 Å². The van der Waals surface area contributed by atoms with Gasteiger partial charge < -0.3 is 5.73 Å². The lowest BCUT2D eigenvalue weighted by atomic mass is 10.0. The highest BCUT2D eigenvalue weighted by molar-refractivity contribution is 9.10. The number of halogens is 1. The lowest BCUT2D eigenvalue weighted by Gasteiger charge is -2.07. The van der Waals surface area contributed by atoms with Gasteiger partial charge >= 0.3 is 0 Å². The third-order valence-corrected chi connectivity index (χ3v) is 2.77. The van der Waals surface area contributed by atoms with Crippen LogP contribution in [0.4, 0.5) is 0 Å². The van der Waals surface area contributed by atoms with Gasteiger partial charge in [-0.3, -0.25) is 0 Å². The Morgan fingerprint density at radius 1 is 1.31 bits per heavy atom. The Morgan fingerprint density at radius 3 is 2.46 bits per heavy atom. The summed E-state index contributed by atoms with van der Waals surface area (Å²) in [5.74, 6) is 0. The molecule has 0 radical (unpaired) electrons. The summed E-state index contributed by atoms with van der Waals surface area (Å²) in [6.45, 7) is 2.13. The van der Waals surface area contributed by atoms with Crippen molar-refractivity contribution in [2.45, 2.75) is 32.2 Å². The first kappa shape index (κ1) is 10.7. The van der Waals surface area contributed by atoms with Gasteiger partial charge in [-0.25, -0.2) is 0 Å². The molecule has 2 heteroatoms. The molecule has 0 aromatic heterocycles. The maximum Gasteiger partial charge on any atom is 0.0175 e. The molecule has 0 amide bonds. The minimum Gasteiger partial charge on any atom is -0.328 e. The van der Waals surface area contributed by atoms with Crippen molar-refractivity contribution in [3.8, 4) is 0 Å². The van der Waals surface area contributed by atoms with E-state index in [4.69, 9.17) is 5.73 Å². The van der Waals surface area contributed by atoms with E-state index in [0.29, 0.717) is 6.04 Å². The van der Waals surface area contributed by atoms with Crippen LogP contribution < -0.4 is 5.73 Å². The van der Waals surface area contributed by atoms with Gasteiger partial charge in [0.25, 0.3) is 0 Å². The molecular formula is C11H16BrN. The van der Waals surface area contributed by atoms with Gasteiger partial charge in [0.2, 0.25) is 0 Å². The van der Waals surface area contributed by atoms with E-state index in [0.717, 1.165) is 23.7 Å². The van der Waals surface area contributed by atoms with Crippen LogP contribution in [-0.2, 0) is 6.42 Å². The molecule has 1 atom stereocenters. The predicted molar refractivity (Wildman–Crippen MR) is 60.7 cm³/mol. The number of nitrogens with two attached hydrogens (primary N) is 1. The minimum absolute atomic E-state index is 0.351. The van der Waals surface area contributed by atoms with E-state index in [1.807, 2.05) is 0 Å². The average Bonchev–Trinajstić information content (AvgIpc) is 2.16. The van der Waals surface area contributed by atoms with E-state index in [1.54, 1.807) is 0 Å². The van der Waals surface area contributed by atoms with Crippen molar-refractivity contribution in [2.75, 3.05) is 0 Å². The van der Waals surface area contributed by atoms with E-state index in [-0.39, 0.29) is 0 Å². The molecule has 0 saturated heterocycles. The van der Waals surface area contributed by atoms with Crippen LogP contribution in [0.5, 0.6) is 0 Å². The van der Waals surface area contributed by atoms with Crippen LogP contribution in [-0.4, -0.2) is 6.04 Å². The molecular weight excluding hydrogens is 226 g/mol. The zero-order valence-corrected chi connectivity index (χ0v) is 9.55. The molecule has 2 N–H and O–H groups in total. The number of hydrogen-bond acceptors (Lipinski definition) is 1. The molecule has 1 unspecified atom stereocenters. The number of benzene rings is 1. The maximum absolute atomic E-state index is 5.84. The number of hydrogen-bond donors (Lipinski definition) is 1. The Morgan fingerprint density at radius 2 is 1.92 bits per heavy atom. The molecule has 0 spiro atoms. The first-order valence-electron chi connectivity index (χ1n) is 4.72. The molecule has 0 aliphatic rings. The first-order valence-corrected chi connectivity index (χ1v) is 5.51. The lowest BCUT2D eigenvalue weighted by molar-refractivity contribution is 0.596. The van der Waals surface area contributed by atoms with Crippen molar-refractivity contribution in [3.05, 3.63) is 34.3 Å². The number of rotatable bonds is 4. The van der Waals surface area contributed by atoms with Crippen molar-refractivity contribution in [2.24, 2.45) is 5.73 Å². The van der Waals surface area contributed by atoms with E-state index in [2.05, 4.69) is 47.1 Å². The van der Waals surface area contributed by atoms with Crippen LogP contribution in [0.25, 0.3) is 0 Å². The quantitative estimate of drug-likeness (QED) is 0.862. The summed E-state index contributed by atoms with van der Waals surface area (Å²) in [6.07, 6.45) is 3.23. The van der Waals surface area contributed by atoms with Gasteiger partial charge in [0.05, 0.1) is 0 Å². The molecule has 0 bridgehead atoms. The topological polar surface area (TPSA) is 26.0 Å². The number of aryl methyl sites for hydroxylation is 1. The smallest absolute Gasteiger partial charge is 0.0175 e. The molecule has 0 heterocycles. The average molecular weight is 242 g/mol. The standard InChI is InChI=1S/C11H16BrN/c1-2-11(13)8-5-9-3-6-10(12)7-4-9/h3-4,6-7,11H,2,5,8,13H2,1H3. The van der Waals surface area contributed by atoms with Gasteiger partial charge in [-0.15, -0.1) is 0 Å². The second-order valence-electron chi connectivity index (χ2n) is 3.33. The lowest BCUT2D eigenvalue weighted by Crippen LogP contribution is -2.18. The van der Waals surface area contributed by atoms with Gasteiger partial charge in [0.1, 0.15) is 0 Å². The van der Waals surface area contributed by atoms with Gasteiger partial charge in [0.15, 0.2) is 0 Å². The fourth-order valence-corrected chi connectivity index (χ4v) is 1.47. The Balaban J connectivity index is 2.41. The molecule has 72 valence electrons. The van der Waals surface area contributed by atoms with Crippen LogP contribution in [0.1, 0.15) is 25.3 Å². The Labute approximate surface area is 88.5 Å². The summed E-state index contributed by atoms with van der Waals surface area (Å²) in [6, 6.07) is 8.79. The minimum atomic E-state index is 0.351. The summed E-state index contributed by atoms with van der Waals surface area (Å²) in [5.41, 5.74) is 7.21. The van der Waals surface area contributed by atoms with Crippen LogP contribution in [0.3, 0.4) is 0 Å². The SMILES string of the molecule is CCC(N)CCc1ccc(Br)cc1. The van der Waals surface area contributed by atoms with Crippen LogP contribution >= 0.6 is 15.9 Å². The fourth-order valence-electron chi connectivity index (χ4n) is 1.21. The van der Waals surface area contributed by atoms with Crippen LogP contribution in [0.15, 0.2) is 28.7 Å². The first-order chi connectivity index (χ1) is 6.22. The zero-order valence-electron chi connectivity index (χ0n) is 7.96. The van der Waals surface area contributed by atoms with E-state index >= 15 is 0 Å². The monoisotopic (exact) mass is 241 g/mol. The van der Waals surface area contributed by atoms with Gasteiger partial charge in [-0.1, -0.05) is 35.0 Å². The van der Waals surface area contributed by atoms with E-state index < -0.39 is 0 Å². The second-order valence-corrected chi connectivity index (χ2v) is 4.25. The molecule has 13 heavy (non-hydrogen) atoms. The van der Waals surface area contributed by atoms with Gasteiger partial charge in [-0.05, 0) is 37.0 Å².